The molecule has 20 heavy (non-hydrogen) atoms. The summed E-state index contributed by atoms with van der Waals surface area (Å²) in [5, 5.41) is 0. The van der Waals surface area contributed by atoms with Gasteiger partial charge in [0.2, 0.25) is 0 Å². The number of nitrogens with zero attached hydrogens (tertiary/aromatic N) is 1. The third kappa shape index (κ3) is 3.74. The van der Waals surface area contributed by atoms with Gasteiger partial charge in [0.15, 0.2) is 0 Å². The smallest absolute Gasteiger partial charge is 0.261 e. The summed E-state index contributed by atoms with van der Waals surface area (Å²) in [6.07, 6.45) is 4.22. The van der Waals surface area contributed by atoms with Crippen molar-refractivity contribution < 1.29 is 13.2 Å². The van der Waals surface area contributed by atoms with Crippen molar-refractivity contribution in [1.29, 1.82) is 0 Å². The Morgan fingerprint density at radius 2 is 1.75 bits per heavy atom. The predicted molar refractivity (Wildman–Crippen MR) is 81.6 cm³/mol. The zero-order valence-electron chi connectivity index (χ0n) is 10.8. The van der Waals surface area contributed by atoms with E-state index in [-0.39, 0.29) is 10.8 Å². The van der Waals surface area contributed by atoms with Gasteiger partial charge in [-0.3, -0.25) is 4.79 Å². The normalized spacial score (nSPS) is 16.8. The standard InChI is InChI=1S/C13H15BrClNO3S/c14-12-6-5-10(20(15,18)19)9-11(12)13(17)16-7-3-1-2-4-8-16/h5-6,9H,1-4,7-8H2. The Kier molecular flexibility index (Phi) is 5.09. The van der Waals surface area contributed by atoms with E-state index in [1.165, 1.54) is 12.1 Å². The second kappa shape index (κ2) is 6.45. The highest BCUT2D eigenvalue weighted by atomic mass is 79.9. The molecule has 0 aromatic heterocycles. The number of hydrogen-bond acceptors (Lipinski definition) is 3. The van der Waals surface area contributed by atoms with Gasteiger partial charge in [-0.25, -0.2) is 8.42 Å². The third-order valence-electron chi connectivity index (χ3n) is 3.34. The molecule has 0 spiro atoms. The van der Waals surface area contributed by atoms with E-state index in [2.05, 4.69) is 15.9 Å². The average molecular weight is 381 g/mol. The van der Waals surface area contributed by atoms with Crippen molar-refractivity contribution in [3.05, 3.63) is 28.2 Å². The summed E-state index contributed by atoms with van der Waals surface area (Å²) in [4.78, 5) is 14.2. The van der Waals surface area contributed by atoms with Crippen molar-refractivity contribution in [1.82, 2.24) is 4.90 Å². The summed E-state index contributed by atoms with van der Waals surface area (Å²) in [7, 11) is 1.50. The first-order valence-corrected chi connectivity index (χ1v) is 9.53. The van der Waals surface area contributed by atoms with Crippen LogP contribution in [0.25, 0.3) is 0 Å². The van der Waals surface area contributed by atoms with Crippen LogP contribution in [0, 0.1) is 0 Å². The summed E-state index contributed by atoms with van der Waals surface area (Å²) in [5.74, 6) is -0.152. The summed E-state index contributed by atoms with van der Waals surface area (Å²) < 4.78 is 23.3. The highest BCUT2D eigenvalue weighted by molar-refractivity contribution is 9.10. The van der Waals surface area contributed by atoms with Gasteiger partial charge in [0.05, 0.1) is 10.5 Å². The van der Waals surface area contributed by atoms with Crippen molar-refractivity contribution >= 4 is 41.6 Å². The molecule has 2 rings (SSSR count). The quantitative estimate of drug-likeness (QED) is 0.739. The molecular formula is C13H15BrClNO3S. The molecule has 7 heteroatoms. The minimum Gasteiger partial charge on any atom is -0.339 e. The predicted octanol–water partition coefficient (Wildman–Crippen LogP) is 3.39. The summed E-state index contributed by atoms with van der Waals surface area (Å²) in [5.41, 5.74) is 0.341. The molecule has 1 aliphatic rings. The minimum atomic E-state index is -3.83. The Hall–Kier alpha value is -0.590. The van der Waals surface area contributed by atoms with Crippen LogP contribution in [-0.4, -0.2) is 32.3 Å². The summed E-state index contributed by atoms with van der Waals surface area (Å²) in [6, 6.07) is 4.26. The zero-order chi connectivity index (χ0) is 14.8. The van der Waals surface area contributed by atoms with Crippen LogP contribution in [0.1, 0.15) is 36.0 Å². The van der Waals surface area contributed by atoms with Gasteiger partial charge in [-0.05, 0) is 47.0 Å². The highest BCUT2D eigenvalue weighted by Gasteiger charge is 2.21. The fourth-order valence-electron chi connectivity index (χ4n) is 2.26. The number of rotatable bonds is 2. The largest absolute Gasteiger partial charge is 0.339 e. The van der Waals surface area contributed by atoms with Gasteiger partial charge in [0.1, 0.15) is 0 Å². The van der Waals surface area contributed by atoms with Gasteiger partial charge in [-0.1, -0.05) is 12.8 Å². The molecule has 1 aliphatic heterocycles. The van der Waals surface area contributed by atoms with Gasteiger partial charge in [-0.15, -0.1) is 0 Å². The Bertz CT molecular complexity index is 610. The van der Waals surface area contributed by atoms with Crippen LogP contribution in [0.2, 0.25) is 0 Å². The Morgan fingerprint density at radius 3 is 2.30 bits per heavy atom. The van der Waals surface area contributed by atoms with Crippen LogP contribution in [0.15, 0.2) is 27.6 Å². The first-order chi connectivity index (χ1) is 9.39. The van der Waals surface area contributed by atoms with Crippen LogP contribution in [0.4, 0.5) is 0 Å². The third-order valence-corrected chi connectivity index (χ3v) is 5.39. The monoisotopic (exact) mass is 379 g/mol. The minimum absolute atomic E-state index is 0.0551. The molecular weight excluding hydrogens is 366 g/mol. The SMILES string of the molecule is O=C(c1cc(S(=O)(=O)Cl)ccc1Br)N1CCCCCC1. The Morgan fingerprint density at radius 1 is 1.15 bits per heavy atom. The average Bonchev–Trinajstić information content (AvgIpc) is 2.66. The second-order valence-corrected chi connectivity index (χ2v) is 8.21. The van der Waals surface area contributed by atoms with E-state index < -0.39 is 9.05 Å². The number of likely N-dealkylation sites (tertiary alicyclic amines) is 1. The van der Waals surface area contributed by atoms with Crippen LogP contribution in [0.3, 0.4) is 0 Å². The molecule has 0 aliphatic carbocycles. The van der Waals surface area contributed by atoms with Gasteiger partial charge in [0.25, 0.3) is 15.0 Å². The molecule has 110 valence electrons. The van der Waals surface area contributed by atoms with Crippen molar-refractivity contribution in [3.8, 4) is 0 Å². The van der Waals surface area contributed by atoms with Gasteiger partial charge in [0, 0.05) is 28.2 Å². The summed E-state index contributed by atoms with van der Waals surface area (Å²) in [6.45, 7) is 1.42. The van der Waals surface area contributed by atoms with Crippen molar-refractivity contribution in [2.24, 2.45) is 0 Å². The molecule has 1 aromatic carbocycles. The molecule has 1 saturated heterocycles. The van der Waals surface area contributed by atoms with Crippen molar-refractivity contribution in [3.63, 3.8) is 0 Å². The molecule has 1 amide bonds. The van der Waals surface area contributed by atoms with Crippen molar-refractivity contribution in [2.45, 2.75) is 30.6 Å². The fourth-order valence-corrected chi connectivity index (χ4v) is 3.46. The molecule has 0 atom stereocenters. The first-order valence-electron chi connectivity index (χ1n) is 6.43. The number of carbonyl (C=O) groups is 1. The van der Waals surface area contributed by atoms with Gasteiger partial charge >= 0.3 is 0 Å². The Balaban J connectivity index is 2.33. The molecule has 0 saturated carbocycles. The van der Waals surface area contributed by atoms with Crippen LogP contribution >= 0.6 is 26.6 Å². The van der Waals surface area contributed by atoms with Crippen LogP contribution < -0.4 is 0 Å². The number of carbonyl (C=O) groups excluding carboxylic acids is 1. The molecule has 1 fully saturated rings. The van der Waals surface area contributed by atoms with E-state index in [4.69, 9.17) is 10.7 Å². The van der Waals surface area contributed by atoms with Crippen molar-refractivity contribution in [2.75, 3.05) is 13.1 Å². The van der Waals surface area contributed by atoms with Crippen LogP contribution in [-0.2, 0) is 9.05 Å². The van der Waals surface area contributed by atoms with Gasteiger partial charge < -0.3 is 4.90 Å². The molecule has 4 nitrogen and oxygen atoms in total. The lowest BCUT2D eigenvalue weighted by molar-refractivity contribution is 0.0760. The van der Waals surface area contributed by atoms with E-state index in [1.807, 2.05) is 0 Å². The maximum absolute atomic E-state index is 12.5. The molecule has 0 bridgehead atoms. The lowest BCUT2D eigenvalue weighted by atomic mass is 10.2. The molecule has 0 radical (unpaired) electrons. The topological polar surface area (TPSA) is 54.5 Å². The van der Waals surface area contributed by atoms with E-state index >= 15 is 0 Å². The number of hydrogen-bond donors (Lipinski definition) is 0. The highest BCUT2D eigenvalue weighted by Crippen LogP contribution is 2.25. The number of halogens is 2. The first kappa shape index (κ1) is 15.8. The molecule has 0 unspecified atom stereocenters. The van der Waals surface area contributed by atoms with E-state index in [0.29, 0.717) is 23.1 Å². The second-order valence-electron chi connectivity index (χ2n) is 4.79. The van der Waals surface area contributed by atoms with E-state index in [9.17, 15) is 13.2 Å². The molecule has 0 N–H and O–H groups in total. The fraction of sp³-hybridized carbons (Fsp3) is 0.462. The zero-order valence-corrected chi connectivity index (χ0v) is 14.0. The number of benzene rings is 1. The van der Waals surface area contributed by atoms with Gasteiger partial charge in [-0.2, -0.15) is 0 Å². The Labute approximate surface area is 131 Å². The molecule has 1 heterocycles. The summed E-state index contributed by atoms with van der Waals surface area (Å²) >= 11 is 3.30. The lowest BCUT2D eigenvalue weighted by Gasteiger charge is -2.21. The maximum Gasteiger partial charge on any atom is 0.261 e. The van der Waals surface area contributed by atoms with E-state index in [1.54, 1.807) is 11.0 Å². The maximum atomic E-state index is 12.5. The lowest BCUT2D eigenvalue weighted by Crippen LogP contribution is -2.32. The van der Waals surface area contributed by atoms with Crippen LogP contribution in [0.5, 0.6) is 0 Å². The molecule has 1 aromatic rings. The number of amides is 1. The van der Waals surface area contributed by atoms with E-state index in [0.717, 1.165) is 25.7 Å².